The summed E-state index contributed by atoms with van der Waals surface area (Å²) in [6.45, 7) is -0.595. The van der Waals surface area contributed by atoms with Crippen molar-refractivity contribution < 1.29 is 29.1 Å². The molecule has 0 saturated heterocycles. The quantitative estimate of drug-likeness (QED) is 0.128. The molecule has 0 radical (unpaired) electrons. The summed E-state index contributed by atoms with van der Waals surface area (Å²) in [6, 6.07) is 3.63. The van der Waals surface area contributed by atoms with E-state index in [9.17, 15) is 29.1 Å². The molecule has 2 aromatic heterocycles. The van der Waals surface area contributed by atoms with Crippen LogP contribution < -0.4 is 27.4 Å². The molecule has 10 N–H and O–H groups in total. The Morgan fingerprint density at radius 1 is 1.00 bits per heavy atom. The number of carbonyl (C=O) groups excluding carboxylic acids is 4. The first kappa shape index (κ1) is 26.9. The maximum Gasteiger partial charge on any atom is 0.326 e. The number of rotatable bonds is 13. The van der Waals surface area contributed by atoms with Gasteiger partial charge in [0.25, 0.3) is 0 Å². The summed E-state index contributed by atoms with van der Waals surface area (Å²) in [7, 11) is 0. The highest BCUT2D eigenvalue weighted by molar-refractivity contribution is 5.95. The Morgan fingerprint density at radius 3 is 2.43 bits per heavy atom. The number of carbonyl (C=O) groups is 5. The molecular formula is C23H28N8O6. The molecule has 1 aromatic carbocycles. The van der Waals surface area contributed by atoms with Gasteiger partial charge in [0.05, 0.1) is 25.3 Å². The number of amides is 4. The maximum atomic E-state index is 12.6. The van der Waals surface area contributed by atoms with Gasteiger partial charge in [-0.1, -0.05) is 18.2 Å². The van der Waals surface area contributed by atoms with Crippen molar-refractivity contribution >= 4 is 40.5 Å². The highest BCUT2D eigenvalue weighted by atomic mass is 16.4. The molecule has 2 heterocycles. The first-order valence-corrected chi connectivity index (χ1v) is 11.3. The average Bonchev–Trinajstić information content (AvgIpc) is 3.51. The first-order valence-electron chi connectivity index (χ1n) is 11.3. The van der Waals surface area contributed by atoms with Crippen LogP contribution in [-0.4, -0.2) is 74.3 Å². The predicted molar refractivity (Wildman–Crippen MR) is 131 cm³/mol. The number of hydrogen-bond donors (Lipinski definition) is 8. The van der Waals surface area contributed by atoms with Crippen molar-refractivity contribution in [2.24, 2.45) is 11.5 Å². The second-order valence-corrected chi connectivity index (χ2v) is 8.36. The minimum Gasteiger partial charge on any atom is -0.480 e. The van der Waals surface area contributed by atoms with Crippen molar-refractivity contribution in [1.29, 1.82) is 0 Å². The SMILES string of the molecule is NC(=O)CC(NC(=O)C(N)Cc1cnc[nH]1)C(=O)NCC(=O)NC(Cc1c[nH]c2ccccc12)C(=O)O. The number of H-pyrrole nitrogens is 2. The maximum absolute atomic E-state index is 12.6. The molecule has 0 aliphatic rings. The highest BCUT2D eigenvalue weighted by Gasteiger charge is 2.27. The molecule has 14 nitrogen and oxygen atoms in total. The van der Waals surface area contributed by atoms with Crippen LogP contribution in [-0.2, 0) is 36.8 Å². The van der Waals surface area contributed by atoms with Gasteiger partial charge in [-0.25, -0.2) is 9.78 Å². The number of nitrogens with one attached hydrogen (secondary N) is 5. The van der Waals surface area contributed by atoms with E-state index < -0.39 is 60.7 Å². The van der Waals surface area contributed by atoms with Crippen LogP contribution in [0, 0.1) is 0 Å². The zero-order valence-electron chi connectivity index (χ0n) is 19.7. The van der Waals surface area contributed by atoms with Crippen molar-refractivity contribution in [2.45, 2.75) is 37.4 Å². The van der Waals surface area contributed by atoms with Gasteiger partial charge in [0.15, 0.2) is 0 Å². The van der Waals surface area contributed by atoms with E-state index in [1.165, 1.54) is 12.5 Å². The van der Waals surface area contributed by atoms with Crippen LogP contribution in [0.3, 0.4) is 0 Å². The molecular weight excluding hydrogens is 484 g/mol. The number of carboxylic acids is 1. The fourth-order valence-electron chi connectivity index (χ4n) is 3.67. The summed E-state index contributed by atoms with van der Waals surface area (Å²) >= 11 is 0. The van der Waals surface area contributed by atoms with Crippen LogP contribution in [0.2, 0.25) is 0 Å². The molecule has 0 spiro atoms. The molecule has 0 aliphatic heterocycles. The Hall–Kier alpha value is -4.72. The number of hydrogen-bond acceptors (Lipinski definition) is 7. The Bertz CT molecular complexity index is 1270. The summed E-state index contributed by atoms with van der Waals surface area (Å²) < 4.78 is 0. The van der Waals surface area contributed by atoms with E-state index in [0.717, 1.165) is 10.9 Å². The number of benzene rings is 1. The summed E-state index contributed by atoms with van der Waals surface area (Å²) in [4.78, 5) is 70.2. The van der Waals surface area contributed by atoms with Crippen LogP contribution >= 0.6 is 0 Å². The number of aliphatic carboxylic acids is 1. The Kier molecular flexibility index (Phi) is 8.94. The van der Waals surface area contributed by atoms with Crippen molar-refractivity contribution in [2.75, 3.05) is 6.54 Å². The van der Waals surface area contributed by atoms with E-state index in [-0.39, 0.29) is 12.8 Å². The standard InChI is InChI=1S/C23H28N8O6/c24-15(6-13-9-26-11-29-13)21(34)31-17(7-19(25)32)22(35)28-10-20(33)30-18(23(36)37)5-12-8-27-16-4-2-1-3-14(12)16/h1-4,8-9,11,15,17-18,27H,5-7,10,24H2,(H2,25,32)(H,26,29)(H,28,35)(H,30,33)(H,31,34)(H,36,37). The molecule has 0 bridgehead atoms. The third kappa shape index (κ3) is 7.63. The third-order valence-electron chi connectivity index (χ3n) is 5.53. The van der Waals surface area contributed by atoms with Gasteiger partial charge < -0.3 is 42.5 Å². The zero-order chi connectivity index (χ0) is 26.9. The van der Waals surface area contributed by atoms with E-state index in [1.54, 1.807) is 6.20 Å². The van der Waals surface area contributed by atoms with Crippen LogP contribution in [0.5, 0.6) is 0 Å². The van der Waals surface area contributed by atoms with Crippen molar-refractivity contribution in [1.82, 2.24) is 30.9 Å². The Morgan fingerprint density at radius 2 is 1.76 bits per heavy atom. The average molecular weight is 513 g/mol. The molecule has 3 atom stereocenters. The van der Waals surface area contributed by atoms with E-state index >= 15 is 0 Å². The minimum atomic E-state index is -1.38. The number of fused-ring (bicyclic) bond motifs is 1. The lowest BCUT2D eigenvalue weighted by Crippen LogP contribution is -2.54. The summed E-state index contributed by atoms with van der Waals surface area (Å²) in [5, 5.41) is 17.4. The van der Waals surface area contributed by atoms with Gasteiger partial charge in [0.2, 0.25) is 23.6 Å². The molecule has 0 aliphatic carbocycles. The molecule has 0 fully saturated rings. The number of nitrogens with zero attached hydrogens (tertiary/aromatic N) is 1. The van der Waals surface area contributed by atoms with Crippen molar-refractivity contribution in [3.05, 3.63) is 54.2 Å². The molecule has 14 heteroatoms. The summed E-state index contributed by atoms with van der Waals surface area (Å²) in [6.07, 6.45) is 4.16. The second kappa shape index (κ2) is 12.3. The van der Waals surface area contributed by atoms with Gasteiger partial charge in [-0.3, -0.25) is 19.2 Å². The van der Waals surface area contributed by atoms with Gasteiger partial charge >= 0.3 is 5.97 Å². The van der Waals surface area contributed by atoms with Crippen molar-refractivity contribution in [3.8, 4) is 0 Å². The minimum absolute atomic E-state index is 0.00755. The monoisotopic (exact) mass is 512 g/mol. The largest absolute Gasteiger partial charge is 0.480 e. The smallest absolute Gasteiger partial charge is 0.326 e. The van der Waals surface area contributed by atoms with Crippen LogP contribution in [0.1, 0.15) is 17.7 Å². The molecule has 196 valence electrons. The second-order valence-electron chi connectivity index (χ2n) is 8.36. The number of aromatic amines is 2. The predicted octanol–water partition coefficient (Wildman–Crippen LogP) is -1.95. The van der Waals surface area contributed by atoms with E-state index in [0.29, 0.717) is 11.3 Å². The summed E-state index contributed by atoms with van der Waals surface area (Å²) in [5.74, 6) is -4.47. The number of imidazole rings is 1. The van der Waals surface area contributed by atoms with E-state index in [2.05, 4.69) is 30.9 Å². The molecule has 3 rings (SSSR count). The molecule has 0 saturated carbocycles. The number of carboxylic acid groups (broad SMARTS) is 1. The number of nitrogens with two attached hydrogens (primary N) is 2. The molecule has 37 heavy (non-hydrogen) atoms. The third-order valence-corrected chi connectivity index (χ3v) is 5.53. The topological polar surface area (TPSA) is 238 Å². The Balaban J connectivity index is 1.55. The number of aromatic nitrogens is 3. The van der Waals surface area contributed by atoms with Gasteiger partial charge in [-0.2, -0.15) is 0 Å². The first-order chi connectivity index (χ1) is 17.6. The number of para-hydroxylation sites is 1. The van der Waals surface area contributed by atoms with Gasteiger partial charge in [0.1, 0.15) is 12.1 Å². The number of primary amides is 1. The highest BCUT2D eigenvalue weighted by Crippen LogP contribution is 2.19. The molecule has 4 amide bonds. The fraction of sp³-hybridized carbons (Fsp3) is 0.304. The van der Waals surface area contributed by atoms with E-state index in [4.69, 9.17) is 11.5 Å². The van der Waals surface area contributed by atoms with Gasteiger partial charge in [0, 0.05) is 41.8 Å². The normalized spacial score (nSPS) is 13.3. The zero-order valence-corrected chi connectivity index (χ0v) is 19.7. The molecule has 3 unspecified atom stereocenters. The van der Waals surface area contributed by atoms with Crippen LogP contribution in [0.4, 0.5) is 0 Å². The lowest BCUT2D eigenvalue weighted by Gasteiger charge is -2.20. The lowest BCUT2D eigenvalue weighted by molar-refractivity contribution is -0.141. The van der Waals surface area contributed by atoms with Crippen LogP contribution in [0.15, 0.2) is 43.0 Å². The van der Waals surface area contributed by atoms with E-state index in [1.807, 2.05) is 24.3 Å². The van der Waals surface area contributed by atoms with Crippen LogP contribution in [0.25, 0.3) is 10.9 Å². The van der Waals surface area contributed by atoms with Gasteiger partial charge in [-0.15, -0.1) is 0 Å². The lowest BCUT2D eigenvalue weighted by atomic mass is 10.0. The fourth-order valence-corrected chi connectivity index (χ4v) is 3.67. The summed E-state index contributed by atoms with van der Waals surface area (Å²) in [5.41, 5.74) is 13.2. The molecule has 3 aromatic rings. The van der Waals surface area contributed by atoms with Crippen molar-refractivity contribution in [3.63, 3.8) is 0 Å². The van der Waals surface area contributed by atoms with Gasteiger partial charge in [-0.05, 0) is 11.6 Å². The Labute approximate surface area is 210 Å².